The summed E-state index contributed by atoms with van der Waals surface area (Å²) in [7, 11) is 0. The maximum Gasteiger partial charge on any atom is 0.458 e. The van der Waals surface area contributed by atoms with Gasteiger partial charge in [-0.05, 0) is 43.7 Å². The van der Waals surface area contributed by atoms with E-state index in [2.05, 4.69) is 10.2 Å². The van der Waals surface area contributed by atoms with Crippen LogP contribution in [0.2, 0.25) is 0 Å². The highest BCUT2D eigenvalue weighted by Gasteiger charge is 2.06. The third-order valence-corrected chi connectivity index (χ3v) is 2.63. The van der Waals surface area contributed by atoms with Crippen LogP contribution in [-0.2, 0) is 0 Å². The van der Waals surface area contributed by atoms with E-state index in [1.54, 1.807) is 42.5 Å². The van der Waals surface area contributed by atoms with Crippen LogP contribution in [-0.4, -0.2) is 12.2 Å². The van der Waals surface area contributed by atoms with Gasteiger partial charge in [-0.25, -0.2) is 9.59 Å². The molecular weight excluding hydrogens is 284 g/mol. The van der Waals surface area contributed by atoms with Crippen molar-refractivity contribution in [2.45, 2.75) is 13.8 Å². The minimum absolute atomic E-state index is 0.321. The topological polar surface area (TPSA) is 77.3 Å². The highest BCUT2D eigenvalue weighted by atomic mass is 16.6. The number of rotatable bonds is 2. The highest BCUT2D eigenvalue weighted by molar-refractivity contribution is 5.76. The number of carbonyl (C=O) groups is 2. The molecule has 0 radical (unpaired) electrons. The molecule has 22 heavy (non-hydrogen) atoms. The van der Waals surface area contributed by atoms with Gasteiger partial charge in [0, 0.05) is 0 Å². The van der Waals surface area contributed by atoms with E-state index in [-0.39, 0.29) is 0 Å². The van der Waals surface area contributed by atoms with Gasteiger partial charge in [-0.2, -0.15) is 0 Å². The molecule has 2 aromatic rings. The number of azo groups is 1. The SMILES string of the molecule is Cc1ccc(OC(=O)/N=N/C(=O)Oc2cccc(C)c2)cc1. The molecule has 0 unspecified atom stereocenters. The molecule has 0 aliphatic carbocycles. The summed E-state index contributed by atoms with van der Waals surface area (Å²) >= 11 is 0. The maximum absolute atomic E-state index is 11.4. The highest BCUT2D eigenvalue weighted by Crippen LogP contribution is 2.14. The van der Waals surface area contributed by atoms with Gasteiger partial charge >= 0.3 is 12.2 Å². The standard InChI is InChI=1S/C16H14N2O4/c1-11-6-8-13(9-7-11)21-15(19)17-18-16(20)22-14-5-3-4-12(2)10-14/h3-10H,1-2H3/b18-17+. The fraction of sp³-hybridized carbons (Fsp3) is 0.125. The molecule has 6 nitrogen and oxygen atoms in total. The van der Waals surface area contributed by atoms with Crippen LogP contribution >= 0.6 is 0 Å². The van der Waals surface area contributed by atoms with Gasteiger partial charge in [-0.3, -0.25) is 0 Å². The van der Waals surface area contributed by atoms with Gasteiger partial charge in [0.15, 0.2) is 0 Å². The smallest absolute Gasteiger partial charge is 0.408 e. The average molecular weight is 298 g/mol. The molecule has 0 fully saturated rings. The minimum atomic E-state index is -0.995. The molecule has 0 heterocycles. The number of hydrogen-bond donors (Lipinski definition) is 0. The molecule has 112 valence electrons. The normalized spacial score (nSPS) is 10.5. The molecule has 2 rings (SSSR count). The zero-order chi connectivity index (χ0) is 15.9. The van der Waals surface area contributed by atoms with E-state index in [0.717, 1.165) is 11.1 Å². The summed E-state index contributed by atoms with van der Waals surface area (Å²) < 4.78 is 9.79. The van der Waals surface area contributed by atoms with Crippen LogP contribution in [0.15, 0.2) is 58.8 Å². The van der Waals surface area contributed by atoms with Crippen molar-refractivity contribution in [1.29, 1.82) is 0 Å². The Labute approximate surface area is 127 Å². The Hall–Kier alpha value is -3.02. The van der Waals surface area contributed by atoms with Gasteiger partial charge in [0.25, 0.3) is 0 Å². The van der Waals surface area contributed by atoms with Gasteiger partial charge < -0.3 is 9.47 Å². The van der Waals surface area contributed by atoms with Gasteiger partial charge in [0.2, 0.25) is 0 Å². The molecule has 0 N–H and O–H groups in total. The summed E-state index contributed by atoms with van der Waals surface area (Å²) in [5.41, 5.74) is 1.96. The summed E-state index contributed by atoms with van der Waals surface area (Å²) in [5, 5.41) is 6.30. The predicted molar refractivity (Wildman–Crippen MR) is 79.3 cm³/mol. The molecule has 0 aromatic heterocycles. The van der Waals surface area contributed by atoms with Crippen LogP contribution in [0.3, 0.4) is 0 Å². The lowest BCUT2D eigenvalue weighted by atomic mass is 10.2. The maximum atomic E-state index is 11.4. The largest absolute Gasteiger partial charge is 0.458 e. The molecule has 0 aliphatic heterocycles. The lowest BCUT2D eigenvalue weighted by Crippen LogP contribution is -2.05. The van der Waals surface area contributed by atoms with Crippen molar-refractivity contribution in [1.82, 2.24) is 0 Å². The lowest BCUT2D eigenvalue weighted by molar-refractivity contribution is 0.200. The molecule has 2 aromatic carbocycles. The number of hydrogen-bond acceptors (Lipinski definition) is 4. The number of ether oxygens (including phenoxy) is 2. The van der Waals surface area contributed by atoms with Crippen molar-refractivity contribution < 1.29 is 19.1 Å². The van der Waals surface area contributed by atoms with Crippen LogP contribution in [0.25, 0.3) is 0 Å². The third kappa shape index (κ3) is 4.82. The first-order valence-electron chi connectivity index (χ1n) is 6.51. The van der Waals surface area contributed by atoms with E-state index in [4.69, 9.17) is 9.47 Å². The lowest BCUT2D eigenvalue weighted by Gasteiger charge is -2.01. The molecule has 0 atom stereocenters. The number of aryl methyl sites for hydroxylation is 2. The Morgan fingerprint density at radius 1 is 0.773 bits per heavy atom. The number of amides is 2. The summed E-state index contributed by atoms with van der Waals surface area (Å²) in [4.78, 5) is 22.9. The average Bonchev–Trinajstić information content (AvgIpc) is 2.48. The first kappa shape index (κ1) is 15.4. The van der Waals surface area contributed by atoms with Crippen molar-refractivity contribution >= 4 is 12.2 Å². The molecule has 6 heteroatoms. The van der Waals surface area contributed by atoms with Gasteiger partial charge in [-0.15, -0.1) is 0 Å². The number of benzene rings is 2. The first-order valence-corrected chi connectivity index (χ1v) is 6.51. The molecular formula is C16H14N2O4. The Bertz CT molecular complexity index is 708. The van der Waals surface area contributed by atoms with Gasteiger partial charge in [-0.1, -0.05) is 40.1 Å². The molecule has 0 aliphatic rings. The summed E-state index contributed by atoms with van der Waals surface area (Å²) in [6.07, 6.45) is -1.99. The van der Waals surface area contributed by atoms with Crippen LogP contribution in [0, 0.1) is 13.8 Å². The Kier molecular flexibility index (Phi) is 4.98. The van der Waals surface area contributed by atoms with Crippen LogP contribution in [0.5, 0.6) is 11.5 Å². The van der Waals surface area contributed by atoms with E-state index in [1.165, 1.54) is 0 Å². The summed E-state index contributed by atoms with van der Waals surface area (Å²) in [5.74, 6) is 0.650. The van der Waals surface area contributed by atoms with Crippen molar-refractivity contribution in [3.05, 3.63) is 59.7 Å². The monoisotopic (exact) mass is 298 g/mol. The van der Waals surface area contributed by atoms with E-state index in [9.17, 15) is 9.59 Å². The fourth-order valence-corrected chi connectivity index (χ4v) is 1.61. The van der Waals surface area contributed by atoms with Gasteiger partial charge in [0.05, 0.1) is 0 Å². The van der Waals surface area contributed by atoms with Gasteiger partial charge in [0.1, 0.15) is 11.5 Å². The van der Waals surface area contributed by atoms with Crippen molar-refractivity contribution in [3.8, 4) is 11.5 Å². The predicted octanol–water partition coefficient (Wildman–Crippen LogP) is 4.45. The Morgan fingerprint density at radius 2 is 1.36 bits per heavy atom. The van der Waals surface area contributed by atoms with E-state index >= 15 is 0 Å². The summed E-state index contributed by atoms with van der Waals surface area (Å²) in [6, 6.07) is 13.7. The fourth-order valence-electron chi connectivity index (χ4n) is 1.61. The van der Waals surface area contributed by atoms with Crippen molar-refractivity contribution in [3.63, 3.8) is 0 Å². The molecule has 0 saturated heterocycles. The van der Waals surface area contributed by atoms with Crippen molar-refractivity contribution in [2.24, 2.45) is 10.2 Å². The van der Waals surface area contributed by atoms with E-state index in [0.29, 0.717) is 11.5 Å². The minimum Gasteiger partial charge on any atom is -0.408 e. The second-order valence-electron chi connectivity index (χ2n) is 4.57. The number of carbonyl (C=O) groups excluding carboxylic acids is 2. The van der Waals surface area contributed by atoms with E-state index < -0.39 is 12.2 Å². The van der Waals surface area contributed by atoms with Crippen LogP contribution < -0.4 is 9.47 Å². The molecule has 2 amide bonds. The third-order valence-electron chi connectivity index (χ3n) is 2.63. The van der Waals surface area contributed by atoms with Crippen LogP contribution in [0.4, 0.5) is 9.59 Å². The Morgan fingerprint density at radius 3 is 1.95 bits per heavy atom. The molecule has 0 bridgehead atoms. The zero-order valence-corrected chi connectivity index (χ0v) is 12.1. The van der Waals surface area contributed by atoms with Crippen LogP contribution in [0.1, 0.15) is 11.1 Å². The summed E-state index contributed by atoms with van der Waals surface area (Å²) in [6.45, 7) is 3.77. The second kappa shape index (κ2) is 7.12. The molecule has 0 spiro atoms. The number of nitrogens with zero attached hydrogens (tertiary/aromatic N) is 2. The molecule has 0 saturated carbocycles. The zero-order valence-electron chi connectivity index (χ0n) is 12.1. The second-order valence-corrected chi connectivity index (χ2v) is 4.57. The quantitative estimate of drug-likeness (QED) is 0.767. The van der Waals surface area contributed by atoms with E-state index in [1.807, 2.05) is 19.9 Å². The first-order chi connectivity index (χ1) is 10.5. The van der Waals surface area contributed by atoms with Crippen molar-refractivity contribution in [2.75, 3.05) is 0 Å². The Balaban J connectivity index is 1.89.